The first kappa shape index (κ1) is 34.3. The first-order valence-corrected chi connectivity index (χ1v) is 19.1. The molecule has 0 N–H and O–H groups in total. The highest BCUT2D eigenvalue weighted by atomic mass is 16.5. The van der Waals surface area contributed by atoms with Crippen LogP contribution in [0.15, 0.2) is 0 Å². The van der Waals surface area contributed by atoms with Gasteiger partial charge in [-0.1, -0.05) is 90.4 Å². The Kier molecular flexibility index (Phi) is 11.7. The van der Waals surface area contributed by atoms with Gasteiger partial charge in [0.1, 0.15) is 26.9 Å². The zero-order valence-electron chi connectivity index (χ0n) is 28.9. The third-order valence-corrected chi connectivity index (χ3v) is 12.2. The molecule has 6 rings (SSSR count). The summed E-state index contributed by atoms with van der Waals surface area (Å²) >= 11 is 0. The normalized spacial score (nSPS) is 31.0. The second kappa shape index (κ2) is 15.7. The SMILES string of the molecule is CCCC12N(COC3CCCCC3)C(=O)N(COC3CCCCC3)C1(C)N(COC1CCCCC1)C(=O)N2COC1CCCCC1. The standard InChI is InChI=1S/C36H62N4O6/c1-3-24-36-35(2,37(25-43-29-16-8-4-9-17-29)33(41)39(36)27-45-31-20-12-6-13-21-31)38(26-44-30-18-10-5-11-19-30)34(42)40(36)28-46-32-22-14-7-15-23-32/h29-32H,3-28H2,1-2H3. The molecule has 46 heavy (non-hydrogen) atoms. The van der Waals surface area contributed by atoms with Crippen molar-refractivity contribution in [2.75, 3.05) is 26.9 Å². The van der Waals surface area contributed by atoms with E-state index in [1.165, 1.54) is 25.7 Å². The number of ether oxygens (including phenoxy) is 4. The van der Waals surface area contributed by atoms with Crippen LogP contribution in [0.1, 0.15) is 155 Å². The molecule has 6 fully saturated rings. The zero-order chi connectivity index (χ0) is 32.0. The second-order valence-corrected chi connectivity index (χ2v) is 15.1. The minimum Gasteiger partial charge on any atom is -0.358 e. The molecule has 6 aliphatic rings. The van der Waals surface area contributed by atoms with Crippen LogP contribution in [0.2, 0.25) is 0 Å². The Labute approximate surface area is 277 Å². The average molecular weight is 647 g/mol. The van der Waals surface area contributed by atoms with Crippen LogP contribution in [0, 0.1) is 0 Å². The summed E-state index contributed by atoms with van der Waals surface area (Å²) in [6.07, 6.45) is 24.3. The van der Waals surface area contributed by atoms with Crippen molar-refractivity contribution < 1.29 is 28.5 Å². The maximum absolute atomic E-state index is 14.8. The number of carbonyl (C=O) groups is 2. The Hall–Kier alpha value is -1.62. The lowest BCUT2D eigenvalue weighted by atomic mass is 9.89. The maximum atomic E-state index is 14.8. The molecular formula is C36H62N4O6. The van der Waals surface area contributed by atoms with E-state index in [1.54, 1.807) is 0 Å². The van der Waals surface area contributed by atoms with Crippen molar-refractivity contribution >= 4 is 12.1 Å². The molecule has 0 aromatic carbocycles. The van der Waals surface area contributed by atoms with E-state index in [0.29, 0.717) is 6.42 Å². The van der Waals surface area contributed by atoms with Crippen molar-refractivity contribution in [2.45, 2.75) is 191 Å². The number of nitrogens with zero attached hydrogens (tertiary/aromatic N) is 4. The van der Waals surface area contributed by atoms with Gasteiger partial charge in [-0.3, -0.25) is 19.6 Å². The Bertz CT molecular complexity index is 921. The first-order chi connectivity index (χ1) is 22.5. The molecule has 0 aromatic rings. The van der Waals surface area contributed by atoms with Crippen molar-refractivity contribution in [1.29, 1.82) is 0 Å². The van der Waals surface area contributed by atoms with Gasteiger partial charge < -0.3 is 18.9 Å². The van der Waals surface area contributed by atoms with Crippen LogP contribution in [-0.4, -0.2) is 94.3 Å². The van der Waals surface area contributed by atoms with Gasteiger partial charge in [0, 0.05) is 0 Å². The molecule has 2 heterocycles. The largest absolute Gasteiger partial charge is 0.358 e. The van der Waals surface area contributed by atoms with E-state index in [0.717, 1.165) is 109 Å². The summed E-state index contributed by atoms with van der Waals surface area (Å²) < 4.78 is 26.3. The van der Waals surface area contributed by atoms with Gasteiger partial charge in [0.05, 0.1) is 24.4 Å². The van der Waals surface area contributed by atoms with Crippen molar-refractivity contribution in [1.82, 2.24) is 19.6 Å². The van der Waals surface area contributed by atoms with Gasteiger partial charge in [-0.25, -0.2) is 9.59 Å². The quantitative estimate of drug-likeness (QED) is 0.191. The fourth-order valence-electron chi connectivity index (χ4n) is 9.40. The Balaban J connectivity index is 1.34. The summed E-state index contributed by atoms with van der Waals surface area (Å²) in [7, 11) is 0. The summed E-state index contributed by atoms with van der Waals surface area (Å²) in [5.74, 6) is 0. The third kappa shape index (κ3) is 6.79. The number of hydrogen-bond acceptors (Lipinski definition) is 6. The van der Waals surface area contributed by atoms with Crippen molar-refractivity contribution in [3.63, 3.8) is 0 Å². The van der Waals surface area contributed by atoms with E-state index in [-0.39, 0.29) is 63.4 Å². The second-order valence-electron chi connectivity index (χ2n) is 15.1. The molecule has 4 saturated carbocycles. The summed E-state index contributed by atoms with van der Waals surface area (Å²) in [5.41, 5.74) is -2.00. The van der Waals surface area contributed by atoms with Crippen LogP contribution < -0.4 is 0 Å². The Morgan fingerprint density at radius 2 is 0.783 bits per heavy atom. The van der Waals surface area contributed by atoms with Crippen molar-refractivity contribution in [3.8, 4) is 0 Å². The molecule has 2 saturated heterocycles. The smallest absolute Gasteiger partial charge is 0.327 e. The van der Waals surface area contributed by atoms with E-state index < -0.39 is 11.3 Å². The minimum absolute atomic E-state index is 0.125. The lowest BCUT2D eigenvalue weighted by molar-refractivity contribution is -0.159. The van der Waals surface area contributed by atoms with Crippen LogP contribution in [0.5, 0.6) is 0 Å². The molecule has 0 atom stereocenters. The highest BCUT2D eigenvalue weighted by Gasteiger charge is 2.76. The molecule has 10 nitrogen and oxygen atoms in total. The molecule has 0 bridgehead atoms. The van der Waals surface area contributed by atoms with Crippen LogP contribution in [0.3, 0.4) is 0 Å². The van der Waals surface area contributed by atoms with Gasteiger partial charge in [-0.05, 0) is 64.7 Å². The first-order valence-electron chi connectivity index (χ1n) is 19.1. The maximum Gasteiger partial charge on any atom is 0.327 e. The predicted molar refractivity (Wildman–Crippen MR) is 175 cm³/mol. The summed E-state index contributed by atoms with van der Waals surface area (Å²) in [6, 6.07) is -0.249. The van der Waals surface area contributed by atoms with E-state index in [1.807, 2.05) is 19.6 Å². The summed E-state index contributed by atoms with van der Waals surface area (Å²) in [4.78, 5) is 37.0. The van der Waals surface area contributed by atoms with Gasteiger partial charge >= 0.3 is 12.1 Å². The number of carbonyl (C=O) groups excluding carboxylic acids is 2. The van der Waals surface area contributed by atoms with E-state index in [4.69, 9.17) is 18.9 Å². The zero-order valence-corrected chi connectivity index (χ0v) is 28.9. The van der Waals surface area contributed by atoms with Crippen LogP contribution in [-0.2, 0) is 18.9 Å². The average Bonchev–Trinajstić information content (AvgIpc) is 3.38. The van der Waals surface area contributed by atoms with E-state index in [2.05, 4.69) is 13.8 Å². The van der Waals surface area contributed by atoms with Crippen molar-refractivity contribution in [3.05, 3.63) is 0 Å². The molecule has 0 spiro atoms. The number of fused-ring (bicyclic) bond motifs is 1. The molecule has 0 radical (unpaired) electrons. The fraction of sp³-hybridized carbons (Fsp3) is 0.944. The Morgan fingerprint density at radius 3 is 1.07 bits per heavy atom. The highest BCUT2D eigenvalue weighted by Crippen LogP contribution is 2.54. The lowest BCUT2D eigenvalue weighted by Crippen LogP contribution is -2.67. The number of rotatable bonds is 14. The van der Waals surface area contributed by atoms with E-state index in [9.17, 15) is 9.59 Å². The van der Waals surface area contributed by atoms with Gasteiger partial charge in [-0.2, -0.15) is 0 Å². The minimum atomic E-state index is -1.02. The van der Waals surface area contributed by atoms with Crippen LogP contribution >= 0.6 is 0 Å². The van der Waals surface area contributed by atoms with Crippen LogP contribution in [0.25, 0.3) is 0 Å². The van der Waals surface area contributed by atoms with Crippen molar-refractivity contribution in [2.24, 2.45) is 0 Å². The Morgan fingerprint density at radius 1 is 0.500 bits per heavy atom. The van der Waals surface area contributed by atoms with E-state index >= 15 is 0 Å². The number of hydrogen-bond donors (Lipinski definition) is 0. The monoisotopic (exact) mass is 646 g/mol. The molecule has 0 unspecified atom stereocenters. The van der Waals surface area contributed by atoms with Crippen LogP contribution in [0.4, 0.5) is 9.59 Å². The molecule has 262 valence electrons. The van der Waals surface area contributed by atoms with Gasteiger partial charge in [0.2, 0.25) is 0 Å². The molecule has 4 aliphatic carbocycles. The van der Waals surface area contributed by atoms with Gasteiger partial charge in [0.15, 0.2) is 11.3 Å². The molecule has 0 aromatic heterocycles. The number of urea groups is 2. The summed E-state index contributed by atoms with van der Waals surface area (Å²) in [5, 5.41) is 0. The summed E-state index contributed by atoms with van der Waals surface area (Å²) in [6.45, 7) is 4.83. The van der Waals surface area contributed by atoms with Gasteiger partial charge in [-0.15, -0.1) is 0 Å². The predicted octanol–water partition coefficient (Wildman–Crippen LogP) is 7.90. The topological polar surface area (TPSA) is 84.0 Å². The molecular weight excluding hydrogens is 584 g/mol. The third-order valence-electron chi connectivity index (χ3n) is 12.2. The lowest BCUT2D eigenvalue weighted by Gasteiger charge is -2.48. The molecule has 2 aliphatic heterocycles. The highest BCUT2D eigenvalue weighted by molar-refractivity contribution is 5.88. The number of amides is 4. The fourth-order valence-corrected chi connectivity index (χ4v) is 9.40. The van der Waals surface area contributed by atoms with Gasteiger partial charge in [0.25, 0.3) is 0 Å². The molecule has 10 heteroatoms. The molecule has 4 amide bonds.